The van der Waals surface area contributed by atoms with E-state index in [4.69, 9.17) is 4.74 Å². The predicted octanol–water partition coefficient (Wildman–Crippen LogP) is 2.96. The summed E-state index contributed by atoms with van der Waals surface area (Å²) in [7, 11) is 0. The van der Waals surface area contributed by atoms with Crippen LogP contribution in [-0.2, 0) is 21.9 Å². The molecule has 2 rings (SSSR count). The minimum atomic E-state index is -0.484. The molecule has 2 N–H and O–H groups in total. The first-order valence-electron chi connectivity index (χ1n) is 8.04. The molecule has 0 heterocycles. The number of thioether (sulfide) groups is 1. The number of hydrogen-bond donors (Lipinski definition) is 2. The molecule has 0 radical (unpaired) electrons. The van der Waals surface area contributed by atoms with Crippen molar-refractivity contribution in [1.29, 1.82) is 0 Å². The molecule has 6 heteroatoms. The van der Waals surface area contributed by atoms with Gasteiger partial charge in [-0.3, -0.25) is 4.79 Å². The first kappa shape index (κ1) is 18.9. The van der Waals surface area contributed by atoms with Crippen molar-refractivity contribution >= 4 is 24.3 Å². The van der Waals surface area contributed by atoms with E-state index in [2.05, 4.69) is 22.8 Å². The Hall–Kier alpha value is -2.47. The third kappa shape index (κ3) is 7.76. The van der Waals surface area contributed by atoms with Gasteiger partial charge >= 0.3 is 6.09 Å². The highest BCUT2D eigenvalue weighted by Gasteiger charge is 2.13. The lowest BCUT2D eigenvalue weighted by Gasteiger charge is -2.18. The van der Waals surface area contributed by atoms with Crippen molar-refractivity contribution in [3.63, 3.8) is 0 Å². The van der Waals surface area contributed by atoms with Crippen LogP contribution in [0.1, 0.15) is 11.1 Å². The Balaban J connectivity index is 1.75. The Morgan fingerprint density at radius 1 is 1.04 bits per heavy atom. The quantitative estimate of drug-likeness (QED) is 0.641. The van der Waals surface area contributed by atoms with Crippen molar-refractivity contribution in [1.82, 2.24) is 10.6 Å². The fourth-order valence-corrected chi connectivity index (χ4v) is 3.20. The third-order valence-electron chi connectivity index (χ3n) is 3.41. The molecule has 132 valence electrons. The van der Waals surface area contributed by atoms with Crippen LogP contribution in [0.2, 0.25) is 0 Å². The van der Waals surface area contributed by atoms with Crippen LogP contribution < -0.4 is 10.6 Å². The fraction of sp³-hybridized carbons (Fsp3) is 0.263. The van der Waals surface area contributed by atoms with Crippen molar-refractivity contribution in [2.24, 2.45) is 0 Å². The number of benzene rings is 2. The normalized spacial score (nSPS) is 11.4. The summed E-state index contributed by atoms with van der Waals surface area (Å²) < 4.78 is 5.23. The molecule has 5 nitrogen and oxygen atoms in total. The summed E-state index contributed by atoms with van der Waals surface area (Å²) in [5, 5.41) is 5.42. The van der Waals surface area contributed by atoms with Gasteiger partial charge in [0.05, 0.1) is 6.04 Å². The van der Waals surface area contributed by atoms with E-state index < -0.39 is 6.09 Å². The van der Waals surface area contributed by atoms with Crippen LogP contribution in [0.3, 0.4) is 0 Å². The second-order valence-corrected chi connectivity index (χ2v) is 6.46. The van der Waals surface area contributed by atoms with Gasteiger partial charge in [0.15, 0.2) is 0 Å². The van der Waals surface area contributed by atoms with E-state index >= 15 is 0 Å². The summed E-state index contributed by atoms with van der Waals surface area (Å²) in [4.78, 5) is 22.5. The number of carbonyl (C=O) groups excluding carboxylic acids is 2. The van der Waals surface area contributed by atoms with Gasteiger partial charge in [0, 0.05) is 18.1 Å². The number of rotatable bonds is 10. The maximum atomic E-state index is 12.0. The van der Waals surface area contributed by atoms with Crippen LogP contribution in [0.25, 0.3) is 0 Å². The van der Waals surface area contributed by atoms with Gasteiger partial charge in [0.25, 0.3) is 0 Å². The van der Waals surface area contributed by atoms with Gasteiger partial charge in [0.1, 0.15) is 6.61 Å². The molecule has 0 saturated heterocycles. The van der Waals surface area contributed by atoms with Gasteiger partial charge in [-0.15, -0.1) is 0 Å². The molecule has 2 aromatic rings. The van der Waals surface area contributed by atoms with Gasteiger partial charge in [-0.1, -0.05) is 60.7 Å². The lowest BCUT2D eigenvalue weighted by molar-refractivity contribution is -0.109. The van der Waals surface area contributed by atoms with Crippen LogP contribution in [-0.4, -0.2) is 30.8 Å². The Morgan fingerprint density at radius 2 is 1.68 bits per heavy atom. The van der Waals surface area contributed by atoms with Gasteiger partial charge in [-0.25, -0.2) is 4.79 Å². The Labute approximate surface area is 152 Å². The van der Waals surface area contributed by atoms with Gasteiger partial charge < -0.3 is 15.4 Å². The molecule has 25 heavy (non-hydrogen) atoms. The zero-order valence-corrected chi connectivity index (χ0v) is 14.7. The Kier molecular flexibility index (Phi) is 8.41. The molecule has 0 spiro atoms. The molecule has 0 saturated carbocycles. The molecule has 0 aliphatic heterocycles. The molecular formula is C19H22N2O3S. The van der Waals surface area contributed by atoms with Crippen LogP contribution in [0.15, 0.2) is 60.7 Å². The maximum absolute atomic E-state index is 12.0. The molecular weight excluding hydrogens is 336 g/mol. The summed E-state index contributed by atoms with van der Waals surface area (Å²) in [5.74, 6) is 1.52. The number of hydrogen-bond acceptors (Lipinski definition) is 4. The van der Waals surface area contributed by atoms with E-state index in [0.717, 1.165) is 11.3 Å². The molecule has 0 bridgehead atoms. The van der Waals surface area contributed by atoms with E-state index in [1.165, 1.54) is 5.56 Å². The molecule has 0 aromatic heterocycles. The highest BCUT2D eigenvalue weighted by molar-refractivity contribution is 7.98. The van der Waals surface area contributed by atoms with E-state index in [1.807, 2.05) is 48.5 Å². The number of ether oxygens (including phenoxy) is 1. The molecule has 2 aromatic carbocycles. The van der Waals surface area contributed by atoms with E-state index in [0.29, 0.717) is 18.7 Å². The van der Waals surface area contributed by atoms with Crippen LogP contribution >= 0.6 is 11.8 Å². The van der Waals surface area contributed by atoms with E-state index in [1.54, 1.807) is 11.8 Å². The smallest absolute Gasteiger partial charge is 0.407 e. The summed E-state index contributed by atoms with van der Waals surface area (Å²) in [6.45, 7) is 0.587. The Morgan fingerprint density at radius 3 is 2.32 bits per heavy atom. The largest absolute Gasteiger partial charge is 0.445 e. The third-order valence-corrected chi connectivity index (χ3v) is 4.59. The molecule has 0 aliphatic rings. The molecule has 1 atom stereocenters. The first-order valence-corrected chi connectivity index (χ1v) is 9.19. The average molecular weight is 358 g/mol. The average Bonchev–Trinajstić information content (AvgIpc) is 2.66. The van der Waals surface area contributed by atoms with Gasteiger partial charge in [-0.05, 0) is 11.1 Å². The molecule has 2 amide bonds. The lowest BCUT2D eigenvalue weighted by atomic mass is 10.2. The van der Waals surface area contributed by atoms with Gasteiger partial charge in [0.2, 0.25) is 6.41 Å². The summed E-state index contributed by atoms with van der Waals surface area (Å²) >= 11 is 1.70. The minimum Gasteiger partial charge on any atom is -0.445 e. The summed E-state index contributed by atoms with van der Waals surface area (Å²) in [6.07, 6.45) is 0.146. The topological polar surface area (TPSA) is 67.4 Å². The van der Waals surface area contributed by atoms with Crippen molar-refractivity contribution in [3.8, 4) is 0 Å². The number of carbonyl (C=O) groups is 2. The van der Waals surface area contributed by atoms with Crippen LogP contribution in [0.4, 0.5) is 4.79 Å². The molecule has 0 aliphatic carbocycles. The SMILES string of the molecule is O=CNCC(CSCc1ccccc1)NC(=O)OCc1ccccc1. The highest BCUT2D eigenvalue weighted by atomic mass is 32.2. The van der Waals surface area contributed by atoms with Crippen LogP contribution in [0, 0.1) is 0 Å². The first-order chi connectivity index (χ1) is 12.3. The molecule has 0 fully saturated rings. The number of alkyl carbamates (subject to hydrolysis) is 1. The van der Waals surface area contributed by atoms with Crippen molar-refractivity contribution in [3.05, 3.63) is 71.8 Å². The fourth-order valence-electron chi connectivity index (χ4n) is 2.17. The second-order valence-electron chi connectivity index (χ2n) is 5.43. The van der Waals surface area contributed by atoms with Gasteiger partial charge in [-0.2, -0.15) is 11.8 Å². The predicted molar refractivity (Wildman–Crippen MR) is 100 cm³/mol. The van der Waals surface area contributed by atoms with E-state index in [-0.39, 0.29) is 12.6 Å². The Bertz CT molecular complexity index is 638. The van der Waals surface area contributed by atoms with Crippen molar-refractivity contribution in [2.75, 3.05) is 12.3 Å². The molecule has 1 unspecified atom stereocenters. The standard InChI is InChI=1S/C19H22N2O3S/c22-15-20-11-18(14-25-13-17-9-5-2-6-10-17)21-19(23)24-12-16-7-3-1-4-8-16/h1-10,15,18H,11-14H2,(H,20,22)(H,21,23). The van der Waals surface area contributed by atoms with Crippen molar-refractivity contribution < 1.29 is 14.3 Å². The summed E-state index contributed by atoms with van der Waals surface area (Å²) in [5.41, 5.74) is 2.15. The monoisotopic (exact) mass is 358 g/mol. The number of amides is 2. The lowest BCUT2D eigenvalue weighted by Crippen LogP contribution is -2.43. The summed E-state index contributed by atoms with van der Waals surface area (Å²) in [6, 6.07) is 19.4. The maximum Gasteiger partial charge on any atom is 0.407 e. The van der Waals surface area contributed by atoms with E-state index in [9.17, 15) is 9.59 Å². The second kappa shape index (κ2) is 11.1. The number of nitrogens with one attached hydrogen (secondary N) is 2. The zero-order valence-electron chi connectivity index (χ0n) is 13.9. The highest BCUT2D eigenvalue weighted by Crippen LogP contribution is 2.13. The van der Waals surface area contributed by atoms with Crippen molar-refractivity contribution in [2.45, 2.75) is 18.4 Å². The minimum absolute atomic E-state index is 0.192. The van der Waals surface area contributed by atoms with Crippen LogP contribution in [0.5, 0.6) is 0 Å². The zero-order chi connectivity index (χ0) is 17.7.